The number of rotatable bonds is 3. The number of alkyl halides is 3. The largest absolute Gasteiger partial charge is 0.418 e. The van der Waals surface area contributed by atoms with Crippen LogP contribution in [0.5, 0.6) is 0 Å². The van der Waals surface area contributed by atoms with E-state index in [4.69, 9.17) is 0 Å². The van der Waals surface area contributed by atoms with Crippen LogP contribution in [0.3, 0.4) is 0 Å². The lowest BCUT2D eigenvalue weighted by molar-refractivity contribution is -0.137. The van der Waals surface area contributed by atoms with Gasteiger partial charge in [0.05, 0.1) is 28.7 Å². The molecule has 1 aromatic carbocycles. The lowest BCUT2D eigenvalue weighted by atomic mass is 10.1. The minimum atomic E-state index is -4.49. The fraction of sp³-hybridized carbons (Fsp3) is 0.400. The van der Waals surface area contributed by atoms with Gasteiger partial charge in [0, 0.05) is 18.3 Å². The Hall–Kier alpha value is -1.87. The second-order valence-electron chi connectivity index (χ2n) is 5.92. The summed E-state index contributed by atoms with van der Waals surface area (Å²) in [6.07, 6.45) is -3.02. The second kappa shape index (κ2) is 5.59. The number of aromatic nitrogens is 2. The maximum absolute atomic E-state index is 13.1. The molecule has 2 aromatic rings. The van der Waals surface area contributed by atoms with Crippen LogP contribution in [-0.4, -0.2) is 27.8 Å². The number of para-hydroxylation sites is 1. The SMILES string of the molecule is CC(C)S(=O)(=O)N1Cc2cn(-c3ccccc3C(F)(F)F)nc2C1. The van der Waals surface area contributed by atoms with Crippen molar-refractivity contribution in [1.82, 2.24) is 14.1 Å². The van der Waals surface area contributed by atoms with Gasteiger partial charge in [0.2, 0.25) is 10.0 Å². The summed E-state index contributed by atoms with van der Waals surface area (Å²) < 4.78 is 66.2. The number of hydrogen-bond donors (Lipinski definition) is 0. The zero-order valence-corrected chi connectivity index (χ0v) is 13.9. The lowest BCUT2D eigenvalue weighted by Gasteiger charge is -2.18. The average Bonchev–Trinajstić information content (AvgIpc) is 3.04. The smallest absolute Gasteiger partial charge is 0.240 e. The number of fused-ring (bicyclic) bond motifs is 1. The molecule has 0 saturated carbocycles. The minimum Gasteiger partial charge on any atom is -0.240 e. The maximum Gasteiger partial charge on any atom is 0.418 e. The van der Waals surface area contributed by atoms with Crippen LogP contribution in [-0.2, 0) is 29.3 Å². The van der Waals surface area contributed by atoms with E-state index in [2.05, 4.69) is 5.10 Å². The molecule has 0 aliphatic carbocycles. The van der Waals surface area contributed by atoms with Crippen molar-refractivity contribution in [3.63, 3.8) is 0 Å². The third-order valence-electron chi connectivity index (χ3n) is 3.96. The number of halogens is 3. The molecule has 0 bridgehead atoms. The first-order chi connectivity index (χ1) is 11.1. The molecular formula is C15H16F3N3O2S. The molecule has 3 rings (SSSR count). The van der Waals surface area contributed by atoms with Gasteiger partial charge in [-0.05, 0) is 26.0 Å². The zero-order valence-electron chi connectivity index (χ0n) is 13.1. The summed E-state index contributed by atoms with van der Waals surface area (Å²) in [5.41, 5.74) is 0.253. The summed E-state index contributed by atoms with van der Waals surface area (Å²) >= 11 is 0. The van der Waals surface area contributed by atoms with E-state index in [9.17, 15) is 21.6 Å². The highest BCUT2D eigenvalue weighted by molar-refractivity contribution is 7.89. The standard InChI is InChI=1S/C15H16F3N3O2S/c1-10(2)24(22,23)20-7-11-8-21(19-13(11)9-20)14-6-4-3-5-12(14)15(16,17)18/h3-6,8,10H,7,9H2,1-2H3. The van der Waals surface area contributed by atoms with Crippen LogP contribution >= 0.6 is 0 Å². The minimum absolute atomic E-state index is 0.0716. The average molecular weight is 359 g/mol. The van der Waals surface area contributed by atoms with Crippen molar-refractivity contribution < 1.29 is 21.6 Å². The quantitative estimate of drug-likeness (QED) is 0.847. The van der Waals surface area contributed by atoms with Gasteiger partial charge in [-0.15, -0.1) is 0 Å². The van der Waals surface area contributed by atoms with Gasteiger partial charge in [-0.3, -0.25) is 0 Å². The van der Waals surface area contributed by atoms with E-state index in [1.165, 1.54) is 33.4 Å². The van der Waals surface area contributed by atoms with E-state index in [0.717, 1.165) is 6.07 Å². The molecule has 1 aliphatic rings. The van der Waals surface area contributed by atoms with Gasteiger partial charge in [-0.1, -0.05) is 12.1 Å². The first-order valence-electron chi connectivity index (χ1n) is 7.33. The van der Waals surface area contributed by atoms with E-state index < -0.39 is 27.0 Å². The van der Waals surface area contributed by atoms with Gasteiger partial charge in [-0.2, -0.15) is 22.6 Å². The highest BCUT2D eigenvalue weighted by Gasteiger charge is 2.36. The number of benzene rings is 1. The van der Waals surface area contributed by atoms with Crippen molar-refractivity contribution in [2.24, 2.45) is 0 Å². The van der Waals surface area contributed by atoms with Crippen molar-refractivity contribution >= 4 is 10.0 Å². The molecule has 0 fully saturated rings. The molecule has 24 heavy (non-hydrogen) atoms. The molecule has 0 amide bonds. The van der Waals surface area contributed by atoms with E-state index in [1.807, 2.05) is 0 Å². The Morgan fingerprint density at radius 3 is 2.42 bits per heavy atom. The lowest BCUT2D eigenvalue weighted by Crippen LogP contribution is -2.32. The fourth-order valence-corrected chi connectivity index (χ4v) is 3.86. The van der Waals surface area contributed by atoms with E-state index >= 15 is 0 Å². The Morgan fingerprint density at radius 2 is 1.83 bits per heavy atom. The second-order valence-corrected chi connectivity index (χ2v) is 8.41. The van der Waals surface area contributed by atoms with Gasteiger partial charge in [0.25, 0.3) is 0 Å². The predicted octanol–water partition coefficient (Wildman–Crippen LogP) is 2.94. The molecule has 0 atom stereocenters. The van der Waals surface area contributed by atoms with Crippen molar-refractivity contribution in [3.05, 3.63) is 47.3 Å². The molecule has 1 aliphatic heterocycles. The monoisotopic (exact) mass is 359 g/mol. The summed E-state index contributed by atoms with van der Waals surface area (Å²) in [5.74, 6) is 0. The highest BCUT2D eigenvalue weighted by Crippen LogP contribution is 2.34. The maximum atomic E-state index is 13.1. The summed E-state index contributed by atoms with van der Waals surface area (Å²) in [6.45, 7) is 3.39. The zero-order chi connectivity index (χ0) is 17.7. The molecule has 0 saturated heterocycles. The first-order valence-corrected chi connectivity index (χ1v) is 8.84. The van der Waals surface area contributed by atoms with Crippen LogP contribution in [0.2, 0.25) is 0 Å². The Bertz CT molecular complexity index is 849. The van der Waals surface area contributed by atoms with Crippen molar-refractivity contribution in [2.75, 3.05) is 0 Å². The molecule has 0 N–H and O–H groups in total. The Labute approximate surface area is 137 Å². The molecule has 2 heterocycles. The fourth-order valence-electron chi connectivity index (χ4n) is 2.64. The van der Waals surface area contributed by atoms with Crippen LogP contribution in [0, 0.1) is 0 Å². The summed E-state index contributed by atoms with van der Waals surface area (Å²) in [5, 5.41) is 3.61. The Balaban J connectivity index is 1.94. The summed E-state index contributed by atoms with van der Waals surface area (Å²) in [4.78, 5) is 0. The predicted molar refractivity (Wildman–Crippen MR) is 81.9 cm³/mol. The van der Waals surface area contributed by atoms with E-state index in [-0.39, 0.29) is 18.8 Å². The molecule has 130 valence electrons. The highest BCUT2D eigenvalue weighted by atomic mass is 32.2. The first kappa shape index (κ1) is 17.0. The van der Waals surface area contributed by atoms with Gasteiger partial charge >= 0.3 is 6.18 Å². The molecule has 0 unspecified atom stereocenters. The van der Waals surface area contributed by atoms with Crippen molar-refractivity contribution in [1.29, 1.82) is 0 Å². The van der Waals surface area contributed by atoms with Gasteiger partial charge in [-0.25, -0.2) is 13.1 Å². The number of sulfonamides is 1. The van der Waals surface area contributed by atoms with Crippen LogP contribution in [0.15, 0.2) is 30.5 Å². The van der Waals surface area contributed by atoms with Gasteiger partial charge < -0.3 is 0 Å². The molecule has 0 radical (unpaired) electrons. The normalized spacial score (nSPS) is 15.9. The number of hydrogen-bond acceptors (Lipinski definition) is 3. The van der Waals surface area contributed by atoms with E-state index in [1.54, 1.807) is 13.8 Å². The Kier molecular flexibility index (Phi) is 3.95. The summed E-state index contributed by atoms with van der Waals surface area (Å²) in [6, 6.07) is 5.17. The van der Waals surface area contributed by atoms with E-state index in [0.29, 0.717) is 11.3 Å². The number of nitrogens with zero attached hydrogens (tertiary/aromatic N) is 3. The summed E-state index contributed by atoms with van der Waals surface area (Å²) in [7, 11) is -3.42. The molecule has 1 aromatic heterocycles. The molecule has 0 spiro atoms. The third-order valence-corrected chi connectivity index (χ3v) is 6.13. The van der Waals surface area contributed by atoms with Gasteiger partial charge in [0.15, 0.2) is 0 Å². The molecule has 5 nitrogen and oxygen atoms in total. The molecular weight excluding hydrogens is 343 g/mol. The molecule has 9 heteroatoms. The van der Waals surface area contributed by atoms with Crippen LogP contribution < -0.4 is 0 Å². The van der Waals surface area contributed by atoms with Crippen molar-refractivity contribution in [3.8, 4) is 5.69 Å². The third kappa shape index (κ3) is 2.82. The topological polar surface area (TPSA) is 55.2 Å². The Morgan fingerprint density at radius 1 is 1.17 bits per heavy atom. The van der Waals surface area contributed by atoms with Crippen LogP contribution in [0.4, 0.5) is 13.2 Å². The van der Waals surface area contributed by atoms with Gasteiger partial charge in [0.1, 0.15) is 0 Å². The van der Waals surface area contributed by atoms with Crippen LogP contribution in [0.1, 0.15) is 30.7 Å². The van der Waals surface area contributed by atoms with Crippen LogP contribution in [0.25, 0.3) is 5.69 Å². The van der Waals surface area contributed by atoms with Crippen molar-refractivity contribution in [2.45, 2.75) is 38.4 Å².